The summed E-state index contributed by atoms with van der Waals surface area (Å²) in [7, 11) is 0. The molecule has 2 amide bonds. The Hall–Kier alpha value is -2.76. The van der Waals surface area contributed by atoms with Gasteiger partial charge >= 0.3 is 0 Å². The highest BCUT2D eigenvalue weighted by molar-refractivity contribution is 5.78. The monoisotopic (exact) mass is 343 g/mol. The molecule has 0 saturated heterocycles. The molecule has 2 rings (SSSR count). The lowest BCUT2D eigenvalue weighted by Gasteiger charge is -2.21. The van der Waals surface area contributed by atoms with Gasteiger partial charge in [-0.2, -0.15) is 0 Å². The molecule has 132 valence electrons. The number of amides is 2. The van der Waals surface area contributed by atoms with Crippen LogP contribution in [0.4, 0.5) is 4.39 Å². The highest BCUT2D eigenvalue weighted by Crippen LogP contribution is 2.05. The first-order valence-corrected chi connectivity index (χ1v) is 8.20. The summed E-state index contributed by atoms with van der Waals surface area (Å²) in [5.41, 5.74) is 1.93. The highest BCUT2D eigenvalue weighted by Gasteiger charge is 2.11. The standard InChI is InChI=1S/C19H22FN3O2/c1-15(24)23(12-8-16-2-4-18(20)5-3-16)13-9-19(25)22-14-17-6-10-21-11-7-17/h2-7,10-11H,8-9,12-14H2,1H3,(H,22,25). The lowest BCUT2D eigenvalue weighted by Crippen LogP contribution is -2.35. The van der Waals surface area contributed by atoms with E-state index in [2.05, 4.69) is 10.3 Å². The second-order valence-electron chi connectivity index (χ2n) is 5.76. The van der Waals surface area contributed by atoms with Gasteiger partial charge < -0.3 is 10.2 Å². The van der Waals surface area contributed by atoms with Crippen LogP contribution in [0.25, 0.3) is 0 Å². The van der Waals surface area contributed by atoms with E-state index in [1.165, 1.54) is 19.1 Å². The zero-order valence-electron chi connectivity index (χ0n) is 14.2. The molecule has 0 saturated carbocycles. The van der Waals surface area contributed by atoms with Gasteiger partial charge in [0.25, 0.3) is 0 Å². The third-order valence-corrected chi connectivity index (χ3v) is 3.88. The Kier molecular flexibility index (Phi) is 7.07. The van der Waals surface area contributed by atoms with Crippen LogP contribution >= 0.6 is 0 Å². The SMILES string of the molecule is CC(=O)N(CCC(=O)NCc1ccncc1)CCc1ccc(F)cc1. The molecule has 0 fully saturated rings. The fraction of sp³-hybridized carbons (Fsp3) is 0.316. The van der Waals surface area contributed by atoms with Crippen molar-refractivity contribution in [2.75, 3.05) is 13.1 Å². The van der Waals surface area contributed by atoms with E-state index in [9.17, 15) is 14.0 Å². The van der Waals surface area contributed by atoms with E-state index >= 15 is 0 Å². The smallest absolute Gasteiger partial charge is 0.222 e. The first-order valence-electron chi connectivity index (χ1n) is 8.20. The maximum absolute atomic E-state index is 12.9. The van der Waals surface area contributed by atoms with Crippen molar-refractivity contribution in [1.29, 1.82) is 0 Å². The van der Waals surface area contributed by atoms with Crippen molar-refractivity contribution >= 4 is 11.8 Å². The Balaban J connectivity index is 1.75. The number of pyridine rings is 1. The van der Waals surface area contributed by atoms with Crippen molar-refractivity contribution in [3.05, 3.63) is 65.7 Å². The Morgan fingerprint density at radius 2 is 1.72 bits per heavy atom. The summed E-state index contributed by atoms with van der Waals surface area (Å²) in [6, 6.07) is 9.89. The number of nitrogens with zero attached hydrogens (tertiary/aromatic N) is 2. The predicted octanol–water partition coefficient (Wildman–Crippen LogP) is 2.32. The number of hydrogen-bond donors (Lipinski definition) is 1. The van der Waals surface area contributed by atoms with Crippen LogP contribution in [0.2, 0.25) is 0 Å². The maximum atomic E-state index is 12.9. The molecule has 0 atom stereocenters. The lowest BCUT2D eigenvalue weighted by molar-refractivity contribution is -0.129. The van der Waals surface area contributed by atoms with Crippen molar-refractivity contribution in [3.8, 4) is 0 Å². The van der Waals surface area contributed by atoms with Gasteiger partial charge in [-0.05, 0) is 41.8 Å². The Morgan fingerprint density at radius 3 is 2.36 bits per heavy atom. The summed E-state index contributed by atoms with van der Waals surface area (Å²) in [6.45, 7) is 2.79. The normalized spacial score (nSPS) is 10.3. The largest absolute Gasteiger partial charge is 0.352 e. The van der Waals surface area contributed by atoms with Crippen molar-refractivity contribution in [3.63, 3.8) is 0 Å². The van der Waals surface area contributed by atoms with Gasteiger partial charge in [0.1, 0.15) is 5.82 Å². The molecule has 1 heterocycles. The number of carbonyl (C=O) groups excluding carboxylic acids is 2. The second-order valence-corrected chi connectivity index (χ2v) is 5.76. The minimum absolute atomic E-state index is 0.0796. The number of carbonyl (C=O) groups is 2. The second kappa shape index (κ2) is 9.52. The molecule has 0 aliphatic rings. The van der Waals surface area contributed by atoms with Crippen LogP contribution in [0.15, 0.2) is 48.8 Å². The summed E-state index contributed by atoms with van der Waals surface area (Å²) in [5, 5.41) is 2.83. The molecule has 1 N–H and O–H groups in total. The molecule has 1 aromatic heterocycles. The van der Waals surface area contributed by atoms with Crippen molar-refractivity contribution < 1.29 is 14.0 Å². The van der Waals surface area contributed by atoms with Crippen LogP contribution in [0.3, 0.4) is 0 Å². The van der Waals surface area contributed by atoms with Crippen LogP contribution in [0.1, 0.15) is 24.5 Å². The van der Waals surface area contributed by atoms with Gasteiger partial charge in [0.15, 0.2) is 0 Å². The van der Waals surface area contributed by atoms with E-state index in [0.717, 1.165) is 11.1 Å². The molecule has 1 aromatic carbocycles. The van der Waals surface area contributed by atoms with Crippen LogP contribution in [-0.4, -0.2) is 34.8 Å². The average Bonchev–Trinajstić information content (AvgIpc) is 2.62. The Bertz CT molecular complexity index is 690. The van der Waals surface area contributed by atoms with Gasteiger partial charge in [0.05, 0.1) is 0 Å². The molecule has 5 nitrogen and oxygen atoms in total. The maximum Gasteiger partial charge on any atom is 0.222 e. The molecule has 0 unspecified atom stereocenters. The molecular weight excluding hydrogens is 321 g/mol. The third-order valence-electron chi connectivity index (χ3n) is 3.88. The molecule has 0 radical (unpaired) electrons. The Labute approximate surface area is 146 Å². The molecule has 25 heavy (non-hydrogen) atoms. The number of nitrogens with one attached hydrogen (secondary N) is 1. The minimum Gasteiger partial charge on any atom is -0.352 e. The van der Waals surface area contributed by atoms with Gasteiger partial charge in [-0.1, -0.05) is 12.1 Å². The molecule has 0 aliphatic heterocycles. The zero-order valence-corrected chi connectivity index (χ0v) is 14.2. The fourth-order valence-electron chi connectivity index (χ4n) is 2.37. The van der Waals surface area contributed by atoms with Crippen molar-refractivity contribution in [2.45, 2.75) is 26.3 Å². The van der Waals surface area contributed by atoms with Crippen LogP contribution in [-0.2, 0) is 22.6 Å². The number of hydrogen-bond acceptors (Lipinski definition) is 3. The quantitative estimate of drug-likeness (QED) is 0.800. The summed E-state index contributed by atoms with van der Waals surface area (Å²) >= 11 is 0. The van der Waals surface area contributed by atoms with Crippen molar-refractivity contribution in [1.82, 2.24) is 15.2 Å². The molecule has 0 spiro atoms. The molecule has 6 heteroatoms. The van der Waals surface area contributed by atoms with Gasteiger partial charge in [-0.25, -0.2) is 4.39 Å². The van der Waals surface area contributed by atoms with Gasteiger partial charge in [0.2, 0.25) is 11.8 Å². The topological polar surface area (TPSA) is 62.3 Å². The average molecular weight is 343 g/mol. The number of halogens is 1. The van der Waals surface area contributed by atoms with E-state index in [1.54, 1.807) is 29.4 Å². The van der Waals surface area contributed by atoms with Gasteiger partial charge in [-0.15, -0.1) is 0 Å². The van der Waals surface area contributed by atoms with Gasteiger partial charge in [-0.3, -0.25) is 14.6 Å². The molecule has 0 bridgehead atoms. The van der Waals surface area contributed by atoms with Gasteiger partial charge in [0, 0.05) is 45.4 Å². The van der Waals surface area contributed by atoms with E-state index in [4.69, 9.17) is 0 Å². The van der Waals surface area contributed by atoms with Crippen LogP contribution < -0.4 is 5.32 Å². The molecular formula is C19H22FN3O2. The highest BCUT2D eigenvalue weighted by atomic mass is 19.1. The van der Waals surface area contributed by atoms with Crippen LogP contribution in [0.5, 0.6) is 0 Å². The van der Waals surface area contributed by atoms with E-state index < -0.39 is 0 Å². The zero-order chi connectivity index (χ0) is 18.1. The lowest BCUT2D eigenvalue weighted by atomic mass is 10.1. The number of benzene rings is 1. The minimum atomic E-state index is -0.280. The first-order chi connectivity index (χ1) is 12.0. The van der Waals surface area contributed by atoms with E-state index in [0.29, 0.717) is 26.1 Å². The number of aromatic nitrogens is 1. The molecule has 2 aromatic rings. The summed E-state index contributed by atoms with van der Waals surface area (Å²) < 4.78 is 12.9. The fourth-order valence-corrected chi connectivity index (χ4v) is 2.37. The van der Waals surface area contributed by atoms with E-state index in [-0.39, 0.29) is 24.1 Å². The summed E-state index contributed by atoms with van der Waals surface area (Å²) in [6.07, 6.45) is 4.22. The van der Waals surface area contributed by atoms with Crippen LogP contribution in [0, 0.1) is 5.82 Å². The first kappa shape index (κ1) is 18.6. The van der Waals surface area contributed by atoms with E-state index in [1.807, 2.05) is 12.1 Å². The third kappa shape index (κ3) is 6.71. The summed E-state index contributed by atoms with van der Waals surface area (Å²) in [4.78, 5) is 29.2. The predicted molar refractivity (Wildman–Crippen MR) is 93.1 cm³/mol. The molecule has 0 aliphatic carbocycles. The number of rotatable bonds is 8. The van der Waals surface area contributed by atoms with Crippen molar-refractivity contribution in [2.24, 2.45) is 0 Å². The summed E-state index contributed by atoms with van der Waals surface area (Å²) in [5.74, 6) is -0.466. The Morgan fingerprint density at radius 1 is 1.04 bits per heavy atom.